The summed E-state index contributed by atoms with van der Waals surface area (Å²) >= 11 is 0.750. The Labute approximate surface area is 185 Å². The standard InChI is InChI=1S/C21H21N5O3S2/c1-5-31(28,29)21-24-20(30-25-21)23-19(27)17(12-22)11-16-10-14(3)26(15(16)4)18-9-7-6-8-13(18)2/h6-11H,5H2,1-4H3,(H,23,24,25,27)/b17-11-. The molecule has 0 aliphatic heterocycles. The van der Waals surface area contributed by atoms with Crippen molar-refractivity contribution in [2.24, 2.45) is 0 Å². The molecule has 1 amide bonds. The molecule has 3 rings (SSSR count). The molecule has 2 heterocycles. The van der Waals surface area contributed by atoms with Crippen molar-refractivity contribution in [2.45, 2.75) is 32.9 Å². The number of aryl methyl sites for hydroxylation is 2. The SMILES string of the molecule is CCS(=O)(=O)c1nsc(NC(=O)/C(C#N)=C\c2cc(C)n(-c3ccccc3C)c2C)n1. The summed E-state index contributed by atoms with van der Waals surface area (Å²) in [5, 5.41) is 11.7. The molecular formula is C21H21N5O3S2. The first kappa shape index (κ1) is 22.4. The maximum absolute atomic E-state index is 12.6. The van der Waals surface area contributed by atoms with E-state index in [2.05, 4.69) is 19.2 Å². The van der Waals surface area contributed by atoms with Crippen molar-refractivity contribution < 1.29 is 13.2 Å². The van der Waals surface area contributed by atoms with Crippen LogP contribution >= 0.6 is 11.5 Å². The number of para-hydroxylation sites is 1. The summed E-state index contributed by atoms with van der Waals surface area (Å²) in [7, 11) is -3.57. The summed E-state index contributed by atoms with van der Waals surface area (Å²) < 4.78 is 29.5. The average Bonchev–Trinajstić information content (AvgIpc) is 3.31. The molecule has 0 spiro atoms. The van der Waals surface area contributed by atoms with Gasteiger partial charge >= 0.3 is 0 Å². The fraction of sp³-hybridized carbons (Fsp3) is 0.238. The van der Waals surface area contributed by atoms with Crippen LogP contribution in [0.15, 0.2) is 41.1 Å². The van der Waals surface area contributed by atoms with E-state index in [1.807, 2.05) is 57.2 Å². The number of hydrogen-bond acceptors (Lipinski definition) is 7. The number of nitrogens with zero attached hydrogens (tertiary/aromatic N) is 4. The largest absolute Gasteiger partial charge is 0.318 e. The maximum atomic E-state index is 12.6. The van der Waals surface area contributed by atoms with Crippen LogP contribution < -0.4 is 5.32 Å². The van der Waals surface area contributed by atoms with Gasteiger partial charge in [-0.05, 0) is 50.1 Å². The van der Waals surface area contributed by atoms with E-state index in [1.54, 1.807) is 0 Å². The van der Waals surface area contributed by atoms with Crippen LogP contribution in [0.25, 0.3) is 11.8 Å². The topological polar surface area (TPSA) is 118 Å². The van der Waals surface area contributed by atoms with Gasteiger partial charge in [0.15, 0.2) is 0 Å². The number of benzene rings is 1. The highest BCUT2D eigenvalue weighted by Gasteiger charge is 2.20. The molecular weight excluding hydrogens is 434 g/mol. The lowest BCUT2D eigenvalue weighted by atomic mass is 10.1. The number of amides is 1. The van der Waals surface area contributed by atoms with Crippen molar-refractivity contribution in [3.05, 3.63) is 58.4 Å². The van der Waals surface area contributed by atoms with Gasteiger partial charge in [0, 0.05) is 28.6 Å². The molecule has 0 fully saturated rings. The lowest BCUT2D eigenvalue weighted by Crippen LogP contribution is -2.14. The number of nitrogens with one attached hydrogen (secondary N) is 1. The Balaban J connectivity index is 1.91. The van der Waals surface area contributed by atoms with Crippen LogP contribution in [0.2, 0.25) is 0 Å². The van der Waals surface area contributed by atoms with Crippen LogP contribution in [0.1, 0.15) is 29.4 Å². The lowest BCUT2D eigenvalue weighted by molar-refractivity contribution is -0.112. The highest BCUT2D eigenvalue weighted by molar-refractivity contribution is 7.91. The molecule has 0 unspecified atom stereocenters. The van der Waals surface area contributed by atoms with Crippen LogP contribution in [0, 0.1) is 32.1 Å². The van der Waals surface area contributed by atoms with E-state index in [9.17, 15) is 18.5 Å². The van der Waals surface area contributed by atoms with Crippen molar-refractivity contribution in [3.63, 3.8) is 0 Å². The zero-order chi connectivity index (χ0) is 22.8. The van der Waals surface area contributed by atoms with Crippen molar-refractivity contribution in [1.82, 2.24) is 13.9 Å². The van der Waals surface area contributed by atoms with Crippen LogP contribution in [-0.2, 0) is 14.6 Å². The van der Waals surface area contributed by atoms with Crippen LogP contribution in [0.4, 0.5) is 5.13 Å². The quantitative estimate of drug-likeness (QED) is 0.448. The van der Waals surface area contributed by atoms with Gasteiger partial charge in [-0.15, -0.1) is 0 Å². The van der Waals surface area contributed by atoms with Gasteiger partial charge in [0.05, 0.1) is 5.75 Å². The predicted molar refractivity (Wildman–Crippen MR) is 120 cm³/mol. The first-order valence-corrected chi connectivity index (χ1v) is 11.8. The number of carbonyl (C=O) groups is 1. The minimum Gasteiger partial charge on any atom is -0.318 e. The molecule has 0 saturated heterocycles. The van der Waals surface area contributed by atoms with Crippen molar-refractivity contribution in [2.75, 3.05) is 11.1 Å². The van der Waals surface area contributed by atoms with Gasteiger partial charge < -0.3 is 4.57 Å². The van der Waals surface area contributed by atoms with E-state index in [1.165, 1.54) is 13.0 Å². The highest BCUT2D eigenvalue weighted by Crippen LogP contribution is 2.25. The van der Waals surface area contributed by atoms with Gasteiger partial charge in [-0.2, -0.15) is 14.6 Å². The summed E-state index contributed by atoms with van der Waals surface area (Å²) in [5.41, 5.74) is 4.60. The van der Waals surface area contributed by atoms with Gasteiger partial charge in [0.25, 0.3) is 11.1 Å². The molecule has 1 N–H and O–H groups in total. The second-order valence-electron chi connectivity index (χ2n) is 6.86. The van der Waals surface area contributed by atoms with E-state index in [0.717, 1.165) is 39.7 Å². The molecule has 31 heavy (non-hydrogen) atoms. The van der Waals surface area contributed by atoms with E-state index >= 15 is 0 Å². The number of carbonyl (C=O) groups excluding carboxylic acids is 1. The van der Waals surface area contributed by atoms with E-state index < -0.39 is 15.7 Å². The third-order valence-electron chi connectivity index (χ3n) is 4.78. The molecule has 10 heteroatoms. The number of rotatable bonds is 6. The van der Waals surface area contributed by atoms with E-state index in [-0.39, 0.29) is 21.6 Å². The van der Waals surface area contributed by atoms with Crippen LogP contribution in [0.5, 0.6) is 0 Å². The average molecular weight is 456 g/mol. The predicted octanol–water partition coefficient (Wildman–Crippen LogP) is 3.59. The molecule has 1 aromatic carbocycles. The fourth-order valence-corrected chi connectivity index (χ4v) is 4.69. The summed E-state index contributed by atoms with van der Waals surface area (Å²) in [4.78, 5) is 16.4. The lowest BCUT2D eigenvalue weighted by Gasteiger charge is -2.12. The molecule has 0 aliphatic carbocycles. The Morgan fingerprint density at radius 1 is 1.29 bits per heavy atom. The zero-order valence-corrected chi connectivity index (χ0v) is 19.1. The molecule has 0 atom stereocenters. The van der Waals surface area contributed by atoms with Crippen molar-refractivity contribution in [1.29, 1.82) is 5.26 Å². The molecule has 0 radical (unpaired) electrons. The summed E-state index contributed by atoms with van der Waals surface area (Å²) in [6, 6.07) is 11.8. The van der Waals surface area contributed by atoms with Crippen molar-refractivity contribution >= 4 is 38.5 Å². The number of hydrogen-bond donors (Lipinski definition) is 1. The monoisotopic (exact) mass is 455 g/mol. The second kappa shape index (κ2) is 8.83. The molecule has 160 valence electrons. The fourth-order valence-electron chi connectivity index (χ4n) is 3.10. The van der Waals surface area contributed by atoms with Gasteiger partial charge in [-0.25, -0.2) is 8.42 Å². The summed E-state index contributed by atoms with van der Waals surface area (Å²) in [5.74, 6) is -0.823. The maximum Gasteiger partial charge on any atom is 0.268 e. The highest BCUT2D eigenvalue weighted by atomic mass is 32.2. The minimum atomic E-state index is -3.57. The normalized spacial score (nSPS) is 11.9. The van der Waals surface area contributed by atoms with Gasteiger partial charge in [0.1, 0.15) is 11.6 Å². The smallest absolute Gasteiger partial charge is 0.268 e. The molecule has 8 nitrogen and oxygen atoms in total. The van der Waals surface area contributed by atoms with E-state index in [0.29, 0.717) is 0 Å². The Morgan fingerprint density at radius 3 is 2.65 bits per heavy atom. The van der Waals surface area contributed by atoms with Gasteiger partial charge in [-0.3, -0.25) is 10.1 Å². The molecule has 0 aliphatic rings. The van der Waals surface area contributed by atoms with E-state index in [4.69, 9.17) is 0 Å². The molecule has 0 saturated carbocycles. The summed E-state index contributed by atoms with van der Waals surface area (Å²) in [6.07, 6.45) is 1.51. The third kappa shape index (κ3) is 4.57. The Hall–Kier alpha value is -3.29. The second-order valence-corrected chi connectivity index (χ2v) is 9.78. The Kier molecular flexibility index (Phi) is 6.38. The first-order chi connectivity index (χ1) is 14.7. The number of anilines is 1. The molecule has 0 bridgehead atoms. The Bertz CT molecular complexity index is 1330. The van der Waals surface area contributed by atoms with Crippen molar-refractivity contribution in [3.8, 4) is 11.8 Å². The van der Waals surface area contributed by atoms with Crippen LogP contribution in [-0.4, -0.2) is 34.0 Å². The number of aromatic nitrogens is 3. The molecule has 3 aromatic rings. The number of sulfone groups is 1. The molecule has 2 aromatic heterocycles. The summed E-state index contributed by atoms with van der Waals surface area (Å²) in [6.45, 7) is 7.39. The van der Waals surface area contributed by atoms with Gasteiger partial charge in [-0.1, -0.05) is 25.1 Å². The zero-order valence-electron chi connectivity index (χ0n) is 17.5. The minimum absolute atomic E-state index is 0.0172. The number of nitriles is 1. The Morgan fingerprint density at radius 2 is 2.00 bits per heavy atom. The first-order valence-electron chi connectivity index (χ1n) is 9.42. The third-order valence-corrected chi connectivity index (χ3v) is 7.02. The van der Waals surface area contributed by atoms with Gasteiger partial charge in [0.2, 0.25) is 15.0 Å². The van der Waals surface area contributed by atoms with Crippen LogP contribution in [0.3, 0.4) is 0 Å².